The fraction of sp³-hybridized carbons (Fsp3) is 0.333. The second kappa shape index (κ2) is 3.42. The zero-order valence-corrected chi connectivity index (χ0v) is 9.05. The van der Waals surface area contributed by atoms with E-state index in [1.807, 2.05) is 13.0 Å². The van der Waals surface area contributed by atoms with Crippen LogP contribution in [0.4, 0.5) is 0 Å². The van der Waals surface area contributed by atoms with Crippen LogP contribution in [0.15, 0.2) is 28.8 Å². The average Bonchev–Trinajstić information content (AvgIpc) is 2.69. The van der Waals surface area contributed by atoms with Crippen molar-refractivity contribution in [2.45, 2.75) is 25.3 Å². The Morgan fingerprint density at radius 3 is 2.94 bits per heavy atom. The van der Waals surface area contributed by atoms with Crippen LogP contribution in [0.5, 0.6) is 0 Å². The molecule has 4 nitrogen and oxygen atoms in total. The number of hydrogen-bond acceptors (Lipinski definition) is 4. The third-order valence-electron chi connectivity index (χ3n) is 3.01. The zero-order valence-electron chi connectivity index (χ0n) is 9.05. The van der Waals surface area contributed by atoms with E-state index in [0.29, 0.717) is 5.89 Å². The van der Waals surface area contributed by atoms with E-state index in [1.165, 1.54) is 11.1 Å². The number of aromatic nitrogens is 2. The first kappa shape index (κ1) is 9.54. The van der Waals surface area contributed by atoms with Gasteiger partial charge >= 0.3 is 0 Å². The first-order valence-electron chi connectivity index (χ1n) is 5.42. The lowest BCUT2D eigenvalue weighted by molar-refractivity contribution is 0.354. The van der Waals surface area contributed by atoms with Gasteiger partial charge in [0.25, 0.3) is 0 Å². The summed E-state index contributed by atoms with van der Waals surface area (Å²) < 4.78 is 5.11. The lowest BCUT2D eigenvalue weighted by Gasteiger charge is -2.27. The van der Waals surface area contributed by atoms with Crippen LogP contribution in [-0.2, 0) is 6.42 Å². The summed E-state index contributed by atoms with van der Waals surface area (Å²) in [5, 5.41) is 3.99. The first-order valence-corrected chi connectivity index (χ1v) is 5.42. The fourth-order valence-electron chi connectivity index (χ4n) is 2.06. The van der Waals surface area contributed by atoms with Crippen LogP contribution < -0.4 is 5.73 Å². The molecule has 2 aromatic rings. The van der Waals surface area contributed by atoms with Crippen LogP contribution in [0.3, 0.4) is 0 Å². The van der Waals surface area contributed by atoms with Crippen LogP contribution in [-0.4, -0.2) is 10.1 Å². The molecule has 0 fully saturated rings. The molecule has 0 aliphatic heterocycles. The number of hydrogen-bond donors (Lipinski definition) is 1. The maximum atomic E-state index is 5.69. The van der Waals surface area contributed by atoms with Crippen LogP contribution in [0.2, 0.25) is 0 Å². The molecule has 1 aromatic carbocycles. The Kier molecular flexibility index (Phi) is 2.04. The lowest BCUT2D eigenvalue weighted by Crippen LogP contribution is -2.19. The van der Waals surface area contributed by atoms with E-state index in [4.69, 9.17) is 10.3 Å². The second-order valence-corrected chi connectivity index (χ2v) is 4.24. The van der Waals surface area contributed by atoms with Gasteiger partial charge in [-0.05, 0) is 24.5 Å². The number of benzene rings is 1. The number of nitrogens with zero attached hydrogens (tertiary/aromatic N) is 2. The minimum absolute atomic E-state index is 0.198. The van der Waals surface area contributed by atoms with Crippen molar-refractivity contribution in [3.63, 3.8) is 0 Å². The molecule has 0 bridgehead atoms. The third kappa shape index (κ3) is 1.34. The summed E-state index contributed by atoms with van der Waals surface area (Å²) >= 11 is 0. The SMILES string of the molecule is C[C@@H](N)c1nc(C2Cc3ccccc32)no1. The Morgan fingerprint density at radius 1 is 1.44 bits per heavy atom. The number of nitrogens with two attached hydrogens (primary N) is 1. The van der Waals surface area contributed by atoms with Crippen LogP contribution >= 0.6 is 0 Å². The van der Waals surface area contributed by atoms with Crippen molar-refractivity contribution in [1.29, 1.82) is 0 Å². The highest BCUT2D eigenvalue weighted by molar-refractivity contribution is 5.43. The van der Waals surface area contributed by atoms with Gasteiger partial charge in [0.2, 0.25) is 5.89 Å². The minimum Gasteiger partial charge on any atom is -0.338 e. The molecule has 1 aliphatic rings. The van der Waals surface area contributed by atoms with Gasteiger partial charge < -0.3 is 10.3 Å². The molecule has 1 heterocycles. The van der Waals surface area contributed by atoms with Gasteiger partial charge in [-0.25, -0.2) is 0 Å². The van der Waals surface area contributed by atoms with E-state index in [1.54, 1.807) is 0 Å². The Balaban J connectivity index is 1.91. The van der Waals surface area contributed by atoms with E-state index in [2.05, 4.69) is 28.3 Å². The zero-order chi connectivity index (χ0) is 11.1. The van der Waals surface area contributed by atoms with Gasteiger partial charge in [0.05, 0.1) is 12.0 Å². The molecule has 16 heavy (non-hydrogen) atoms. The van der Waals surface area contributed by atoms with E-state index in [0.717, 1.165) is 12.2 Å². The predicted octanol–water partition coefficient (Wildman–Crippen LogP) is 1.78. The van der Waals surface area contributed by atoms with Crippen LogP contribution in [0.25, 0.3) is 0 Å². The van der Waals surface area contributed by atoms with Gasteiger partial charge in [-0.1, -0.05) is 29.4 Å². The Labute approximate surface area is 93.5 Å². The van der Waals surface area contributed by atoms with E-state index >= 15 is 0 Å². The Morgan fingerprint density at radius 2 is 2.25 bits per heavy atom. The van der Waals surface area contributed by atoms with Gasteiger partial charge in [0.15, 0.2) is 5.82 Å². The van der Waals surface area contributed by atoms with E-state index in [9.17, 15) is 0 Å². The van der Waals surface area contributed by atoms with Gasteiger partial charge in [0.1, 0.15) is 0 Å². The highest BCUT2D eigenvalue weighted by Gasteiger charge is 2.31. The molecule has 0 saturated carbocycles. The van der Waals surface area contributed by atoms with Crippen molar-refractivity contribution in [2.75, 3.05) is 0 Å². The van der Waals surface area contributed by atoms with Crippen molar-refractivity contribution in [3.8, 4) is 0 Å². The summed E-state index contributed by atoms with van der Waals surface area (Å²) in [6.45, 7) is 1.84. The normalized spacial score (nSPS) is 20.0. The molecule has 4 heteroatoms. The van der Waals surface area contributed by atoms with Gasteiger partial charge in [-0.15, -0.1) is 0 Å². The van der Waals surface area contributed by atoms with Crippen molar-refractivity contribution in [3.05, 3.63) is 47.1 Å². The van der Waals surface area contributed by atoms with E-state index < -0.39 is 0 Å². The molecule has 2 atom stereocenters. The largest absolute Gasteiger partial charge is 0.338 e. The average molecular weight is 215 g/mol. The molecule has 0 amide bonds. The second-order valence-electron chi connectivity index (χ2n) is 4.24. The third-order valence-corrected chi connectivity index (χ3v) is 3.01. The molecule has 2 N–H and O–H groups in total. The van der Waals surface area contributed by atoms with Crippen LogP contribution in [0, 0.1) is 0 Å². The summed E-state index contributed by atoms with van der Waals surface area (Å²) in [7, 11) is 0. The predicted molar refractivity (Wildman–Crippen MR) is 58.9 cm³/mol. The smallest absolute Gasteiger partial charge is 0.243 e. The van der Waals surface area contributed by atoms with Gasteiger partial charge in [-0.3, -0.25) is 0 Å². The molecule has 1 unspecified atom stereocenters. The summed E-state index contributed by atoms with van der Waals surface area (Å²) in [6.07, 6.45) is 0.994. The Hall–Kier alpha value is -1.68. The molecule has 0 spiro atoms. The van der Waals surface area contributed by atoms with Crippen LogP contribution in [0.1, 0.15) is 41.7 Å². The maximum Gasteiger partial charge on any atom is 0.243 e. The van der Waals surface area contributed by atoms with Crippen molar-refractivity contribution in [2.24, 2.45) is 5.73 Å². The highest BCUT2D eigenvalue weighted by Crippen LogP contribution is 2.38. The van der Waals surface area contributed by atoms with Gasteiger partial charge in [0, 0.05) is 0 Å². The molecule has 1 aliphatic carbocycles. The standard InChI is InChI=1S/C12H13N3O/c1-7(13)12-14-11(15-16-12)10-6-8-4-2-3-5-9(8)10/h2-5,7,10H,6,13H2,1H3/t7-,10?/m1/s1. The Bertz CT molecular complexity index is 518. The molecule has 0 saturated heterocycles. The minimum atomic E-state index is -0.198. The highest BCUT2D eigenvalue weighted by atomic mass is 16.5. The van der Waals surface area contributed by atoms with Gasteiger partial charge in [-0.2, -0.15) is 4.98 Å². The van der Waals surface area contributed by atoms with E-state index in [-0.39, 0.29) is 12.0 Å². The lowest BCUT2D eigenvalue weighted by atomic mass is 9.77. The summed E-state index contributed by atoms with van der Waals surface area (Å²) in [4.78, 5) is 4.33. The molecule has 0 radical (unpaired) electrons. The quantitative estimate of drug-likeness (QED) is 0.829. The van der Waals surface area contributed by atoms with Crippen molar-refractivity contribution >= 4 is 0 Å². The monoisotopic (exact) mass is 215 g/mol. The number of rotatable bonds is 2. The molecule has 82 valence electrons. The summed E-state index contributed by atoms with van der Waals surface area (Å²) in [6, 6.07) is 8.15. The molecule has 3 rings (SSSR count). The fourth-order valence-corrected chi connectivity index (χ4v) is 2.06. The van der Waals surface area contributed by atoms with Crippen molar-refractivity contribution < 1.29 is 4.52 Å². The first-order chi connectivity index (χ1) is 7.75. The maximum absolute atomic E-state index is 5.69. The summed E-state index contributed by atoms with van der Waals surface area (Å²) in [5.41, 5.74) is 8.36. The number of fused-ring (bicyclic) bond motifs is 1. The molecule has 1 aromatic heterocycles. The summed E-state index contributed by atoms with van der Waals surface area (Å²) in [5.74, 6) is 1.55. The molecular formula is C12H13N3O. The van der Waals surface area contributed by atoms with Crippen molar-refractivity contribution in [1.82, 2.24) is 10.1 Å². The molecular weight excluding hydrogens is 202 g/mol. The topological polar surface area (TPSA) is 64.9 Å².